The molecule has 2 aromatic carbocycles. The molecule has 2 aromatic rings. The summed E-state index contributed by atoms with van der Waals surface area (Å²) in [5, 5.41) is 14.6. The number of piperidine rings is 1. The van der Waals surface area contributed by atoms with Crippen molar-refractivity contribution in [3.63, 3.8) is 0 Å². The van der Waals surface area contributed by atoms with Crippen LogP contribution in [0.2, 0.25) is 0 Å². The van der Waals surface area contributed by atoms with E-state index >= 15 is 0 Å². The van der Waals surface area contributed by atoms with Gasteiger partial charge in [0.05, 0.1) is 10.6 Å². The van der Waals surface area contributed by atoms with Gasteiger partial charge in [0.1, 0.15) is 11.5 Å². The number of para-hydroxylation sites is 1. The van der Waals surface area contributed by atoms with Crippen molar-refractivity contribution in [1.82, 2.24) is 0 Å². The smallest absolute Gasteiger partial charge is 0.293 e. The number of Topliss-reactive ketones (excluding diaryl/α,β-unsaturated/α-hetero) is 1. The molecule has 6 nitrogen and oxygen atoms in total. The van der Waals surface area contributed by atoms with Crippen molar-refractivity contribution >= 4 is 22.8 Å². The molecular weight excluding hydrogens is 337 g/mol. The molecule has 0 unspecified atom stereocenters. The van der Waals surface area contributed by atoms with Crippen LogP contribution in [0.5, 0.6) is 0 Å². The fourth-order valence-electron chi connectivity index (χ4n) is 3.22. The lowest BCUT2D eigenvalue weighted by atomic mass is 10.0. The number of nitrogens with one attached hydrogen (secondary N) is 1. The molecule has 0 radical (unpaired) electrons. The summed E-state index contributed by atoms with van der Waals surface area (Å²) >= 11 is 0. The summed E-state index contributed by atoms with van der Waals surface area (Å²) in [6.07, 6.45) is 1.47. The second kappa shape index (κ2) is 7.51. The molecule has 0 atom stereocenters. The Kier molecular flexibility index (Phi) is 5.16. The first kappa shape index (κ1) is 17.8. The zero-order valence-corrected chi connectivity index (χ0v) is 14.4. The van der Waals surface area contributed by atoms with E-state index in [0.717, 1.165) is 12.8 Å². The Morgan fingerprint density at radius 1 is 1.23 bits per heavy atom. The van der Waals surface area contributed by atoms with Crippen LogP contribution in [-0.4, -0.2) is 29.8 Å². The predicted octanol–water partition coefficient (Wildman–Crippen LogP) is 4.02. The predicted molar refractivity (Wildman–Crippen MR) is 98.4 cm³/mol. The minimum atomic E-state index is -0.453. The van der Waals surface area contributed by atoms with E-state index in [2.05, 4.69) is 5.32 Å². The fraction of sp³-hybridized carbons (Fsp3) is 0.316. The number of anilines is 2. The molecular formula is C19H20FN3O3. The third-order valence-corrected chi connectivity index (χ3v) is 4.65. The molecule has 0 amide bonds. The lowest BCUT2D eigenvalue weighted by molar-refractivity contribution is -0.384. The maximum Gasteiger partial charge on any atom is 0.293 e. The Bertz CT molecular complexity index is 833. The van der Waals surface area contributed by atoms with Gasteiger partial charge in [0.25, 0.3) is 5.69 Å². The summed E-state index contributed by atoms with van der Waals surface area (Å²) in [5.41, 5.74) is 1.27. The number of hydrogen-bond donors (Lipinski definition) is 1. The summed E-state index contributed by atoms with van der Waals surface area (Å²) in [6.45, 7) is 2.62. The first-order valence-electron chi connectivity index (χ1n) is 8.51. The molecule has 0 bridgehead atoms. The molecule has 0 aliphatic carbocycles. The summed E-state index contributed by atoms with van der Waals surface area (Å²) in [4.78, 5) is 24.4. The molecule has 1 saturated heterocycles. The second-order valence-corrected chi connectivity index (χ2v) is 6.40. The average Bonchev–Trinajstić information content (AvgIpc) is 2.63. The molecule has 1 N–H and O–H groups in total. The van der Waals surface area contributed by atoms with Gasteiger partial charge in [0, 0.05) is 30.8 Å². The molecule has 1 aliphatic heterocycles. The van der Waals surface area contributed by atoms with Gasteiger partial charge in [-0.25, -0.2) is 4.39 Å². The Labute approximate surface area is 150 Å². The van der Waals surface area contributed by atoms with Crippen LogP contribution in [0.15, 0.2) is 42.5 Å². The third kappa shape index (κ3) is 3.82. The number of nitrogens with zero attached hydrogens (tertiary/aromatic N) is 2. The Balaban J connectivity index is 1.71. The SMILES string of the molecule is CC(=O)c1ccc(N2CCC(Nc3ccccc3F)CC2)c([N+](=O)[O-])c1. The van der Waals surface area contributed by atoms with Gasteiger partial charge < -0.3 is 10.2 Å². The lowest BCUT2D eigenvalue weighted by Crippen LogP contribution is -2.39. The first-order chi connectivity index (χ1) is 12.5. The van der Waals surface area contributed by atoms with Crippen LogP contribution in [-0.2, 0) is 0 Å². The van der Waals surface area contributed by atoms with Gasteiger partial charge in [-0.05, 0) is 44.0 Å². The van der Waals surface area contributed by atoms with Crippen molar-refractivity contribution in [3.05, 3.63) is 64.0 Å². The van der Waals surface area contributed by atoms with Crippen molar-refractivity contribution in [3.8, 4) is 0 Å². The van der Waals surface area contributed by atoms with Crippen LogP contribution < -0.4 is 10.2 Å². The molecule has 1 fully saturated rings. The van der Waals surface area contributed by atoms with E-state index in [0.29, 0.717) is 30.0 Å². The van der Waals surface area contributed by atoms with Gasteiger partial charge in [-0.1, -0.05) is 12.1 Å². The molecule has 136 valence electrons. The highest BCUT2D eigenvalue weighted by Gasteiger charge is 2.26. The summed E-state index contributed by atoms with van der Waals surface area (Å²) in [7, 11) is 0. The lowest BCUT2D eigenvalue weighted by Gasteiger charge is -2.34. The second-order valence-electron chi connectivity index (χ2n) is 6.40. The Hall–Kier alpha value is -2.96. The number of hydrogen-bond acceptors (Lipinski definition) is 5. The Morgan fingerprint density at radius 3 is 2.54 bits per heavy atom. The van der Waals surface area contributed by atoms with Crippen LogP contribution in [0.3, 0.4) is 0 Å². The number of carbonyl (C=O) groups excluding carboxylic acids is 1. The molecule has 1 aliphatic rings. The van der Waals surface area contributed by atoms with Crippen LogP contribution in [0.25, 0.3) is 0 Å². The molecule has 0 spiro atoms. The number of ketones is 1. The number of nitro groups is 1. The standard InChI is InChI=1S/C19H20FN3O3/c1-13(24)14-6-7-18(19(12-14)23(25)26)22-10-8-15(9-11-22)21-17-5-3-2-4-16(17)20/h2-7,12,15,21H,8-11H2,1H3. The summed E-state index contributed by atoms with van der Waals surface area (Å²) in [6, 6.07) is 11.2. The van der Waals surface area contributed by atoms with Gasteiger partial charge in [0.2, 0.25) is 0 Å². The van der Waals surface area contributed by atoms with Gasteiger partial charge in [-0.3, -0.25) is 14.9 Å². The number of halogens is 1. The normalized spacial score (nSPS) is 14.9. The zero-order valence-electron chi connectivity index (χ0n) is 14.4. The maximum absolute atomic E-state index is 13.8. The van der Waals surface area contributed by atoms with E-state index in [1.807, 2.05) is 4.90 Å². The van der Waals surface area contributed by atoms with Crippen molar-refractivity contribution in [2.75, 3.05) is 23.3 Å². The summed E-state index contributed by atoms with van der Waals surface area (Å²) < 4.78 is 13.8. The molecule has 0 aromatic heterocycles. The van der Waals surface area contributed by atoms with Gasteiger partial charge >= 0.3 is 0 Å². The Morgan fingerprint density at radius 2 is 1.92 bits per heavy atom. The monoisotopic (exact) mass is 357 g/mol. The number of benzene rings is 2. The molecule has 0 saturated carbocycles. The minimum absolute atomic E-state index is 0.0572. The first-order valence-corrected chi connectivity index (χ1v) is 8.51. The quantitative estimate of drug-likeness (QED) is 0.497. The van der Waals surface area contributed by atoms with Gasteiger partial charge in [-0.2, -0.15) is 0 Å². The number of carbonyl (C=O) groups is 1. The average molecular weight is 357 g/mol. The maximum atomic E-state index is 13.8. The molecule has 7 heteroatoms. The van der Waals surface area contributed by atoms with Crippen molar-refractivity contribution in [2.24, 2.45) is 0 Å². The minimum Gasteiger partial charge on any atom is -0.380 e. The van der Waals surface area contributed by atoms with Gasteiger partial charge in [-0.15, -0.1) is 0 Å². The van der Waals surface area contributed by atoms with E-state index in [1.54, 1.807) is 30.3 Å². The van der Waals surface area contributed by atoms with E-state index in [1.165, 1.54) is 19.1 Å². The number of rotatable bonds is 5. The zero-order chi connectivity index (χ0) is 18.7. The highest BCUT2D eigenvalue weighted by Crippen LogP contribution is 2.32. The van der Waals surface area contributed by atoms with Crippen molar-refractivity contribution < 1.29 is 14.1 Å². The van der Waals surface area contributed by atoms with Crippen LogP contribution in [0, 0.1) is 15.9 Å². The van der Waals surface area contributed by atoms with Crippen LogP contribution >= 0.6 is 0 Å². The fourth-order valence-corrected chi connectivity index (χ4v) is 3.22. The van der Waals surface area contributed by atoms with Crippen LogP contribution in [0.4, 0.5) is 21.5 Å². The highest BCUT2D eigenvalue weighted by atomic mass is 19.1. The number of nitro benzene ring substituents is 1. The van der Waals surface area contributed by atoms with E-state index in [4.69, 9.17) is 0 Å². The third-order valence-electron chi connectivity index (χ3n) is 4.65. The topological polar surface area (TPSA) is 75.5 Å². The van der Waals surface area contributed by atoms with Crippen LogP contribution in [0.1, 0.15) is 30.1 Å². The van der Waals surface area contributed by atoms with Crippen molar-refractivity contribution in [2.45, 2.75) is 25.8 Å². The summed E-state index contributed by atoms with van der Waals surface area (Å²) in [5.74, 6) is -0.488. The van der Waals surface area contributed by atoms with Gasteiger partial charge in [0.15, 0.2) is 5.78 Å². The largest absolute Gasteiger partial charge is 0.380 e. The van der Waals surface area contributed by atoms with Crippen molar-refractivity contribution in [1.29, 1.82) is 0 Å². The molecule has 1 heterocycles. The van der Waals surface area contributed by atoms with E-state index < -0.39 is 4.92 Å². The van der Waals surface area contributed by atoms with E-state index in [9.17, 15) is 19.3 Å². The molecule has 26 heavy (non-hydrogen) atoms. The highest BCUT2D eigenvalue weighted by molar-refractivity contribution is 5.95. The molecule has 3 rings (SSSR count). The van der Waals surface area contributed by atoms with E-state index in [-0.39, 0.29) is 23.3 Å².